The summed E-state index contributed by atoms with van der Waals surface area (Å²) in [5.41, 5.74) is 0.713. The van der Waals surface area contributed by atoms with Crippen LogP contribution in [0.4, 0.5) is 4.39 Å². The molecule has 1 saturated heterocycles. The zero-order valence-corrected chi connectivity index (χ0v) is 14.3. The van der Waals surface area contributed by atoms with Gasteiger partial charge in [0.2, 0.25) is 11.8 Å². The molecule has 4 rings (SSSR count). The number of hydrogen-bond acceptors (Lipinski definition) is 5. The number of rotatable bonds is 4. The van der Waals surface area contributed by atoms with Crippen LogP contribution < -0.4 is 0 Å². The molecule has 134 valence electrons. The van der Waals surface area contributed by atoms with E-state index in [0.717, 1.165) is 6.42 Å². The lowest BCUT2D eigenvalue weighted by Crippen LogP contribution is -2.36. The number of likely N-dealkylation sites (tertiary alicyclic amines) is 1. The van der Waals surface area contributed by atoms with Crippen molar-refractivity contribution in [1.82, 2.24) is 15.1 Å². The van der Waals surface area contributed by atoms with E-state index in [1.165, 1.54) is 44.2 Å². The first kappa shape index (κ1) is 16.7. The van der Waals surface area contributed by atoms with Gasteiger partial charge in [-0.25, -0.2) is 4.39 Å². The fourth-order valence-electron chi connectivity index (χ4n) is 4.30. The Labute approximate surface area is 146 Å². The van der Waals surface area contributed by atoms with Gasteiger partial charge in [0, 0.05) is 18.2 Å². The van der Waals surface area contributed by atoms with E-state index in [9.17, 15) is 9.50 Å². The number of aliphatic hydroxyl groups excluding tert-OH is 1. The van der Waals surface area contributed by atoms with Gasteiger partial charge >= 0.3 is 0 Å². The maximum atomic E-state index is 13.0. The molecule has 1 aliphatic carbocycles. The monoisotopic (exact) mass is 345 g/mol. The Bertz CT molecular complexity index is 697. The van der Waals surface area contributed by atoms with Crippen LogP contribution in [0.3, 0.4) is 0 Å². The molecule has 1 aromatic heterocycles. The van der Waals surface area contributed by atoms with Crippen molar-refractivity contribution in [3.8, 4) is 11.5 Å². The van der Waals surface area contributed by atoms with Gasteiger partial charge in [0.25, 0.3) is 0 Å². The Morgan fingerprint density at radius 3 is 2.64 bits per heavy atom. The molecule has 1 aliphatic heterocycles. The van der Waals surface area contributed by atoms with Gasteiger partial charge in [-0.1, -0.05) is 19.3 Å². The Balaban J connectivity index is 1.46. The second kappa shape index (κ2) is 7.22. The fourth-order valence-corrected chi connectivity index (χ4v) is 4.30. The number of aliphatic hydroxyl groups is 1. The number of hydrogen-bond donors (Lipinski definition) is 1. The van der Waals surface area contributed by atoms with E-state index < -0.39 is 0 Å². The van der Waals surface area contributed by atoms with E-state index >= 15 is 0 Å². The second-order valence-electron chi connectivity index (χ2n) is 7.29. The summed E-state index contributed by atoms with van der Waals surface area (Å²) >= 11 is 0. The van der Waals surface area contributed by atoms with E-state index in [4.69, 9.17) is 4.42 Å². The predicted octanol–water partition coefficient (Wildman–Crippen LogP) is 3.39. The van der Waals surface area contributed by atoms with Crippen LogP contribution in [0.2, 0.25) is 0 Å². The lowest BCUT2D eigenvalue weighted by atomic mass is 9.83. The number of β-amino-alcohol motifs (C(OH)–C–C–N with tert-alkyl or cyclic N) is 1. The minimum absolute atomic E-state index is 0.272. The van der Waals surface area contributed by atoms with Crippen molar-refractivity contribution in [2.24, 2.45) is 5.92 Å². The van der Waals surface area contributed by atoms with E-state index in [1.807, 2.05) is 0 Å². The molecular formula is C19H24FN3O2. The molecule has 0 bridgehead atoms. The average molecular weight is 345 g/mol. The highest BCUT2D eigenvalue weighted by Crippen LogP contribution is 2.35. The maximum Gasteiger partial charge on any atom is 0.247 e. The van der Waals surface area contributed by atoms with Crippen molar-refractivity contribution < 1.29 is 13.9 Å². The van der Waals surface area contributed by atoms with Crippen LogP contribution in [0.25, 0.3) is 11.5 Å². The third kappa shape index (κ3) is 3.75. The average Bonchev–Trinajstić information content (AvgIpc) is 3.23. The molecule has 0 radical (unpaired) electrons. The van der Waals surface area contributed by atoms with Crippen molar-refractivity contribution in [2.75, 3.05) is 6.54 Å². The topological polar surface area (TPSA) is 62.4 Å². The van der Waals surface area contributed by atoms with Gasteiger partial charge < -0.3 is 9.52 Å². The first-order chi connectivity index (χ1) is 12.2. The van der Waals surface area contributed by atoms with Crippen molar-refractivity contribution in [3.05, 3.63) is 36.0 Å². The summed E-state index contributed by atoms with van der Waals surface area (Å²) in [4.78, 5) is 2.29. The lowest BCUT2D eigenvalue weighted by Gasteiger charge is -2.33. The predicted molar refractivity (Wildman–Crippen MR) is 91.1 cm³/mol. The summed E-state index contributed by atoms with van der Waals surface area (Å²) in [5.74, 6) is 1.33. The maximum absolute atomic E-state index is 13.0. The number of benzene rings is 1. The Morgan fingerprint density at radius 1 is 1.12 bits per heavy atom. The molecule has 2 atom stereocenters. The summed E-state index contributed by atoms with van der Waals surface area (Å²) < 4.78 is 18.8. The first-order valence-electron chi connectivity index (χ1n) is 9.19. The highest BCUT2D eigenvalue weighted by Gasteiger charge is 2.37. The molecule has 1 aromatic carbocycles. The van der Waals surface area contributed by atoms with Crippen LogP contribution in [0.15, 0.2) is 28.7 Å². The third-order valence-electron chi connectivity index (χ3n) is 5.52. The van der Waals surface area contributed by atoms with Gasteiger partial charge in [-0.15, -0.1) is 10.2 Å². The summed E-state index contributed by atoms with van der Waals surface area (Å²) in [6.07, 6.45) is 6.98. The lowest BCUT2D eigenvalue weighted by molar-refractivity contribution is 0.137. The van der Waals surface area contributed by atoms with E-state index in [1.54, 1.807) is 12.1 Å². The number of aromatic nitrogens is 2. The van der Waals surface area contributed by atoms with Crippen LogP contribution in [-0.4, -0.2) is 38.9 Å². The van der Waals surface area contributed by atoms with Crippen LogP contribution >= 0.6 is 0 Å². The molecule has 0 spiro atoms. The largest absolute Gasteiger partial charge is 0.419 e. The number of halogens is 1. The van der Waals surface area contributed by atoms with Crippen molar-refractivity contribution >= 4 is 0 Å². The molecule has 2 aromatic rings. The van der Waals surface area contributed by atoms with Crippen molar-refractivity contribution in [2.45, 2.75) is 57.2 Å². The molecule has 0 amide bonds. The molecule has 2 heterocycles. The Morgan fingerprint density at radius 2 is 1.88 bits per heavy atom. The fraction of sp³-hybridized carbons (Fsp3) is 0.579. The molecule has 1 N–H and O–H groups in total. The molecule has 2 fully saturated rings. The summed E-state index contributed by atoms with van der Waals surface area (Å²) in [5, 5.41) is 18.4. The summed E-state index contributed by atoms with van der Waals surface area (Å²) in [7, 11) is 0. The Hall–Kier alpha value is -1.79. The minimum Gasteiger partial charge on any atom is -0.419 e. The molecule has 0 unspecified atom stereocenters. The van der Waals surface area contributed by atoms with Gasteiger partial charge in [-0.05, 0) is 49.4 Å². The van der Waals surface area contributed by atoms with E-state index in [0.29, 0.717) is 42.4 Å². The minimum atomic E-state index is -0.287. The standard InChI is InChI=1S/C19H24FN3O2/c20-15-8-6-14(7-9-15)19-22-21-18(25-19)12-23-11-16(24)10-17(23)13-4-2-1-3-5-13/h6-9,13,16-17,24H,1-5,10-12H2/t16-,17-/m1/s1. The smallest absolute Gasteiger partial charge is 0.247 e. The molecule has 6 heteroatoms. The summed E-state index contributed by atoms with van der Waals surface area (Å²) in [6.45, 7) is 1.22. The third-order valence-corrected chi connectivity index (χ3v) is 5.52. The Kier molecular flexibility index (Phi) is 4.81. The van der Waals surface area contributed by atoms with E-state index in [2.05, 4.69) is 15.1 Å². The SMILES string of the molecule is O[C@@H]1C[C@H](C2CCCCC2)N(Cc2nnc(-c3ccc(F)cc3)o2)C1. The van der Waals surface area contributed by atoms with Crippen LogP contribution in [-0.2, 0) is 6.54 Å². The molecule has 2 aliphatic rings. The summed E-state index contributed by atoms with van der Waals surface area (Å²) in [6, 6.07) is 6.44. The van der Waals surface area contributed by atoms with Crippen molar-refractivity contribution in [1.29, 1.82) is 0 Å². The molecular weight excluding hydrogens is 321 g/mol. The molecule has 25 heavy (non-hydrogen) atoms. The van der Waals surface area contributed by atoms with E-state index in [-0.39, 0.29) is 11.9 Å². The molecule has 5 nitrogen and oxygen atoms in total. The highest BCUT2D eigenvalue weighted by molar-refractivity contribution is 5.51. The van der Waals surface area contributed by atoms with Gasteiger partial charge in [0.05, 0.1) is 12.6 Å². The second-order valence-corrected chi connectivity index (χ2v) is 7.29. The van der Waals surface area contributed by atoms with Crippen LogP contribution in [0, 0.1) is 11.7 Å². The van der Waals surface area contributed by atoms with Gasteiger partial charge in [-0.2, -0.15) is 0 Å². The normalized spacial score (nSPS) is 25.5. The van der Waals surface area contributed by atoms with Crippen LogP contribution in [0.5, 0.6) is 0 Å². The quantitative estimate of drug-likeness (QED) is 0.920. The van der Waals surface area contributed by atoms with Gasteiger partial charge in [0.1, 0.15) is 5.82 Å². The molecule has 1 saturated carbocycles. The highest BCUT2D eigenvalue weighted by atomic mass is 19.1. The van der Waals surface area contributed by atoms with Crippen molar-refractivity contribution in [3.63, 3.8) is 0 Å². The van der Waals surface area contributed by atoms with Gasteiger partial charge in [-0.3, -0.25) is 4.90 Å². The zero-order chi connectivity index (χ0) is 17.2. The van der Waals surface area contributed by atoms with Crippen LogP contribution in [0.1, 0.15) is 44.4 Å². The number of nitrogens with zero attached hydrogens (tertiary/aromatic N) is 3. The zero-order valence-electron chi connectivity index (χ0n) is 14.3. The first-order valence-corrected chi connectivity index (χ1v) is 9.19. The van der Waals surface area contributed by atoms with Gasteiger partial charge in [0.15, 0.2) is 0 Å².